The Morgan fingerprint density at radius 1 is 1.26 bits per heavy atom. The molecule has 1 aliphatic carbocycles. The molecule has 0 amide bonds. The molecule has 1 aromatic carbocycles. The average Bonchev–Trinajstić information content (AvgIpc) is 2.83. The molecule has 102 valence electrons. The summed E-state index contributed by atoms with van der Waals surface area (Å²) in [5, 5.41) is 4.33. The second-order valence-corrected chi connectivity index (χ2v) is 7.07. The van der Waals surface area contributed by atoms with E-state index in [-0.39, 0.29) is 0 Å². The summed E-state index contributed by atoms with van der Waals surface area (Å²) >= 11 is 7.55. The van der Waals surface area contributed by atoms with Gasteiger partial charge in [0.25, 0.3) is 0 Å². The minimum Gasteiger partial charge on any atom is -0.379 e. The third kappa shape index (κ3) is 2.70. The van der Waals surface area contributed by atoms with E-state index >= 15 is 0 Å². The van der Waals surface area contributed by atoms with Crippen LogP contribution in [0.5, 0.6) is 0 Å². The maximum Gasteiger partial charge on any atom is 0.129 e. The van der Waals surface area contributed by atoms with Gasteiger partial charge in [-0.3, -0.25) is 0 Å². The van der Waals surface area contributed by atoms with E-state index in [9.17, 15) is 0 Å². The molecule has 3 nitrogen and oxygen atoms in total. The molecular weight excluding hydrogens is 278 g/mol. The molecule has 2 aromatic rings. The van der Waals surface area contributed by atoms with E-state index in [0.29, 0.717) is 11.5 Å². The first-order chi connectivity index (χ1) is 9.05. The first kappa shape index (κ1) is 13.1. The molecule has 1 aromatic heterocycles. The van der Waals surface area contributed by atoms with E-state index in [4.69, 9.17) is 11.6 Å². The zero-order valence-corrected chi connectivity index (χ0v) is 12.8. The van der Waals surface area contributed by atoms with Crippen LogP contribution in [0.2, 0.25) is 5.02 Å². The van der Waals surface area contributed by atoms with Crippen molar-refractivity contribution in [3.8, 4) is 0 Å². The molecule has 1 fully saturated rings. The number of halogens is 1. The number of nitrogens with one attached hydrogen (secondary N) is 1. The monoisotopic (exact) mass is 295 g/mol. The van der Waals surface area contributed by atoms with E-state index in [2.05, 4.69) is 27.9 Å². The van der Waals surface area contributed by atoms with Gasteiger partial charge in [-0.05, 0) is 43.2 Å². The number of benzene rings is 1. The quantitative estimate of drug-likeness (QED) is 0.870. The van der Waals surface area contributed by atoms with E-state index in [0.717, 1.165) is 21.7 Å². The number of hydrogen-bond donors (Lipinski definition) is 1. The Balaban J connectivity index is 1.82. The van der Waals surface area contributed by atoms with Gasteiger partial charge in [0.1, 0.15) is 11.0 Å². The van der Waals surface area contributed by atoms with Crippen molar-refractivity contribution >= 4 is 40.0 Å². The summed E-state index contributed by atoms with van der Waals surface area (Å²) in [7, 11) is 0. The van der Waals surface area contributed by atoms with Gasteiger partial charge in [-0.1, -0.05) is 25.4 Å². The van der Waals surface area contributed by atoms with Crippen molar-refractivity contribution in [2.45, 2.75) is 45.6 Å². The summed E-state index contributed by atoms with van der Waals surface area (Å²) in [6, 6.07) is 4.33. The molecule has 0 atom stereocenters. The highest BCUT2D eigenvalue weighted by molar-refractivity contribution is 7.00. The fourth-order valence-corrected chi connectivity index (χ4v) is 3.46. The Hall–Kier alpha value is -0.870. The summed E-state index contributed by atoms with van der Waals surface area (Å²) in [5.74, 6) is 0. The standard InChI is InChI=1S/C14H18ClN3S/c1-14(2)7-5-9(6-8-14)16-12-10(15)3-4-11-13(12)18-19-17-11/h3-4,9,16H,5-8H2,1-2H3. The van der Waals surface area contributed by atoms with Crippen molar-refractivity contribution in [3.63, 3.8) is 0 Å². The Morgan fingerprint density at radius 2 is 2.00 bits per heavy atom. The molecule has 0 aliphatic heterocycles. The lowest BCUT2D eigenvalue weighted by molar-refractivity contribution is 0.232. The predicted octanol–water partition coefficient (Wildman–Crippen LogP) is 4.73. The van der Waals surface area contributed by atoms with Gasteiger partial charge in [-0.25, -0.2) is 0 Å². The lowest BCUT2D eigenvalue weighted by Gasteiger charge is -2.35. The lowest BCUT2D eigenvalue weighted by atomic mass is 9.75. The highest BCUT2D eigenvalue weighted by atomic mass is 35.5. The van der Waals surface area contributed by atoms with Gasteiger partial charge in [0, 0.05) is 6.04 Å². The van der Waals surface area contributed by atoms with Crippen molar-refractivity contribution < 1.29 is 0 Å². The number of hydrogen-bond acceptors (Lipinski definition) is 4. The zero-order chi connectivity index (χ0) is 13.5. The zero-order valence-electron chi connectivity index (χ0n) is 11.2. The molecule has 1 saturated carbocycles. The summed E-state index contributed by atoms with van der Waals surface area (Å²) < 4.78 is 8.63. The first-order valence-electron chi connectivity index (χ1n) is 6.72. The van der Waals surface area contributed by atoms with E-state index in [1.807, 2.05) is 12.1 Å². The molecule has 5 heteroatoms. The van der Waals surface area contributed by atoms with E-state index in [1.54, 1.807) is 0 Å². The summed E-state index contributed by atoms with van der Waals surface area (Å²) in [5.41, 5.74) is 3.27. The molecule has 0 unspecified atom stereocenters. The van der Waals surface area contributed by atoms with Gasteiger partial charge >= 0.3 is 0 Å². The van der Waals surface area contributed by atoms with Crippen LogP contribution < -0.4 is 5.32 Å². The lowest BCUT2D eigenvalue weighted by Crippen LogP contribution is -2.30. The van der Waals surface area contributed by atoms with E-state index in [1.165, 1.54) is 37.4 Å². The van der Waals surface area contributed by atoms with Crippen LogP contribution in [-0.2, 0) is 0 Å². The molecule has 0 radical (unpaired) electrons. The minimum absolute atomic E-state index is 0.482. The molecule has 19 heavy (non-hydrogen) atoms. The van der Waals surface area contributed by atoms with Gasteiger partial charge in [-0.2, -0.15) is 8.75 Å². The molecule has 1 heterocycles. The topological polar surface area (TPSA) is 37.8 Å². The second kappa shape index (κ2) is 4.91. The van der Waals surface area contributed by atoms with E-state index < -0.39 is 0 Å². The van der Waals surface area contributed by atoms with Crippen LogP contribution in [0.15, 0.2) is 12.1 Å². The summed E-state index contributed by atoms with van der Waals surface area (Å²) in [6.45, 7) is 4.70. The van der Waals surface area contributed by atoms with Crippen LogP contribution in [0.25, 0.3) is 11.0 Å². The van der Waals surface area contributed by atoms with Crippen molar-refractivity contribution in [2.24, 2.45) is 5.41 Å². The normalized spacial score (nSPS) is 19.7. The van der Waals surface area contributed by atoms with Gasteiger partial charge in [0.15, 0.2) is 0 Å². The van der Waals surface area contributed by atoms with Crippen LogP contribution in [0.4, 0.5) is 5.69 Å². The third-order valence-electron chi connectivity index (χ3n) is 4.06. The molecular formula is C14H18ClN3S. The largest absolute Gasteiger partial charge is 0.379 e. The molecule has 1 N–H and O–H groups in total. The first-order valence-corrected chi connectivity index (χ1v) is 7.83. The molecule has 3 rings (SSSR count). The Morgan fingerprint density at radius 3 is 2.74 bits per heavy atom. The number of nitrogens with zero attached hydrogens (tertiary/aromatic N) is 2. The fourth-order valence-electron chi connectivity index (χ4n) is 2.71. The Bertz CT molecular complexity index is 583. The molecule has 0 spiro atoms. The van der Waals surface area contributed by atoms with Crippen LogP contribution in [0.1, 0.15) is 39.5 Å². The van der Waals surface area contributed by atoms with Crippen LogP contribution in [0.3, 0.4) is 0 Å². The van der Waals surface area contributed by atoms with Crippen molar-refractivity contribution in [1.29, 1.82) is 0 Å². The molecule has 0 bridgehead atoms. The SMILES string of the molecule is CC1(C)CCC(Nc2c(Cl)ccc3nsnc23)CC1. The number of anilines is 1. The number of rotatable bonds is 2. The smallest absolute Gasteiger partial charge is 0.129 e. The number of fused-ring (bicyclic) bond motifs is 1. The van der Waals surface area contributed by atoms with Crippen LogP contribution >= 0.6 is 23.3 Å². The minimum atomic E-state index is 0.482. The number of aromatic nitrogens is 2. The predicted molar refractivity (Wildman–Crippen MR) is 82.1 cm³/mol. The van der Waals surface area contributed by atoms with Gasteiger partial charge in [0.2, 0.25) is 0 Å². The highest BCUT2D eigenvalue weighted by Crippen LogP contribution is 2.38. The second-order valence-electron chi connectivity index (χ2n) is 6.14. The maximum absolute atomic E-state index is 6.31. The van der Waals surface area contributed by atoms with Crippen LogP contribution in [0, 0.1) is 5.41 Å². The van der Waals surface area contributed by atoms with Gasteiger partial charge in [0.05, 0.1) is 22.4 Å². The van der Waals surface area contributed by atoms with Gasteiger partial charge in [-0.15, -0.1) is 0 Å². The maximum atomic E-state index is 6.31. The fraction of sp³-hybridized carbons (Fsp3) is 0.571. The average molecular weight is 296 g/mol. The Kier molecular flexibility index (Phi) is 3.39. The Labute approximate surface area is 122 Å². The summed E-state index contributed by atoms with van der Waals surface area (Å²) in [4.78, 5) is 0. The van der Waals surface area contributed by atoms with Crippen molar-refractivity contribution in [3.05, 3.63) is 17.2 Å². The third-order valence-corrected chi connectivity index (χ3v) is 4.92. The van der Waals surface area contributed by atoms with Crippen molar-refractivity contribution in [2.75, 3.05) is 5.32 Å². The summed E-state index contributed by atoms with van der Waals surface area (Å²) in [6.07, 6.45) is 4.90. The van der Waals surface area contributed by atoms with Gasteiger partial charge < -0.3 is 5.32 Å². The molecule has 0 saturated heterocycles. The highest BCUT2D eigenvalue weighted by Gasteiger charge is 2.27. The van der Waals surface area contributed by atoms with Crippen molar-refractivity contribution in [1.82, 2.24) is 8.75 Å². The molecule has 1 aliphatic rings. The van der Waals surface area contributed by atoms with Crippen LogP contribution in [-0.4, -0.2) is 14.8 Å².